The first-order chi connectivity index (χ1) is 20.4. The molecule has 1 aromatic carbocycles. The van der Waals surface area contributed by atoms with E-state index >= 15 is 0 Å². The van der Waals surface area contributed by atoms with Crippen molar-refractivity contribution >= 4 is 67.3 Å². The van der Waals surface area contributed by atoms with Crippen molar-refractivity contribution in [3.63, 3.8) is 0 Å². The van der Waals surface area contributed by atoms with Crippen LogP contribution in [0.2, 0.25) is 0 Å². The van der Waals surface area contributed by atoms with E-state index < -0.39 is 35.8 Å². The Hall–Kier alpha value is -2.63. The van der Waals surface area contributed by atoms with Crippen molar-refractivity contribution in [3.05, 3.63) is 29.3 Å². The second kappa shape index (κ2) is 18.9. The normalized spacial score (nSPS) is 17.3. The number of amides is 1. The molecule has 1 amide bonds. The molecule has 43 heavy (non-hydrogen) atoms. The van der Waals surface area contributed by atoms with Crippen LogP contribution in [0.3, 0.4) is 0 Å². The van der Waals surface area contributed by atoms with Crippen LogP contribution >= 0.6 is 31.9 Å². The highest BCUT2D eigenvalue weighted by Crippen LogP contribution is 2.21. The zero-order chi connectivity index (χ0) is 31.9. The van der Waals surface area contributed by atoms with E-state index in [-0.39, 0.29) is 84.8 Å². The minimum absolute atomic E-state index is 0.0190. The molecule has 1 atom stereocenters. The first-order valence-electron chi connectivity index (χ1n) is 13.7. The number of carboxylic acids is 4. The largest absolute Gasteiger partial charge is 0.481 e. The first kappa shape index (κ1) is 36.6. The number of anilines is 1. The SMILES string of the molecule is O=C(O)CCC(C(=O)Nc1cc(CBr)cc(CBr)c1)N1CCN(CC(=O)O)CCN(CC(=O)O)CCN(CC(=O)O)CC1. The molecule has 1 heterocycles. The van der Waals surface area contributed by atoms with Gasteiger partial charge in [0.2, 0.25) is 5.91 Å². The number of carbonyl (C=O) groups is 5. The molecule has 0 aromatic heterocycles. The van der Waals surface area contributed by atoms with Crippen LogP contribution in [0, 0.1) is 0 Å². The number of rotatable bonds is 14. The summed E-state index contributed by atoms with van der Waals surface area (Å²) in [6, 6.07) is 4.70. The Morgan fingerprint density at radius 1 is 0.651 bits per heavy atom. The van der Waals surface area contributed by atoms with Gasteiger partial charge in [-0.15, -0.1) is 0 Å². The second-order valence-corrected chi connectivity index (χ2v) is 11.4. The van der Waals surface area contributed by atoms with Crippen LogP contribution in [0.5, 0.6) is 0 Å². The van der Waals surface area contributed by atoms with E-state index in [0.29, 0.717) is 16.3 Å². The van der Waals surface area contributed by atoms with Gasteiger partial charge < -0.3 is 25.7 Å². The molecular formula is C27H39Br2N5O9. The highest BCUT2D eigenvalue weighted by Gasteiger charge is 2.29. The molecule has 240 valence electrons. The lowest BCUT2D eigenvalue weighted by atomic mass is 10.1. The number of aliphatic carboxylic acids is 4. The summed E-state index contributed by atoms with van der Waals surface area (Å²) >= 11 is 6.86. The number of nitrogens with zero attached hydrogens (tertiary/aromatic N) is 4. The van der Waals surface area contributed by atoms with Crippen LogP contribution in [0.1, 0.15) is 24.0 Å². The number of nitrogens with one attached hydrogen (secondary N) is 1. The van der Waals surface area contributed by atoms with Crippen LogP contribution in [0.15, 0.2) is 18.2 Å². The number of alkyl halides is 2. The molecule has 1 aliphatic rings. The number of carbonyl (C=O) groups excluding carboxylic acids is 1. The average molecular weight is 737 g/mol. The highest BCUT2D eigenvalue weighted by molar-refractivity contribution is 9.08. The Morgan fingerprint density at radius 2 is 1.05 bits per heavy atom. The lowest BCUT2D eigenvalue weighted by Crippen LogP contribution is -2.52. The van der Waals surface area contributed by atoms with Crippen molar-refractivity contribution in [3.8, 4) is 0 Å². The van der Waals surface area contributed by atoms with Crippen LogP contribution in [-0.2, 0) is 34.6 Å². The maximum Gasteiger partial charge on any atom is 0.317 e. The fourth-order valence-electron chi connectivity index (χ4n) is 4.87. The van der Waals surface area contributed by atoms with Gasteiger partial charge in [-0.2, -0.15) is 0 Å². The third kappa shape index (κ3) is 14.1. The second-order valence-electron chi connectivity index (χ2n) is 10.3. The Morgan fingerprint density at radius 3 is 1.40 bits per heavy atom. The smallest absolute Gasteiger partial charge is 0.317 e. The third-order valence-corrected chi connectivity index (χ3v) is 8.25. The lowest BCUT2D eigenvalue weighted by molar-refractivity contribution is -0.141. The number of carboxylic acid groups (broad SMARTS) is 4. The van der Waals surface area contributed by atoms with Crippen molar-refractivity contribution in [1.29, 1.82) is 0 Å². The molecule has 1 saturated heterocycles. The standard InChI is InChI=1S/C27H39Br2N5O9/c28-14-19-11-20(15-29)13-21(12-19)30-27(43)22(1-2-23(35)36)34-9-7-32(17-25(39)40)5-3-31(16-24(37)38)4-6-33(8-10-34)18-26(41)42/h11-13,22H,1-10,14-18H2,(H,30,43)(H,35,36)(H,37,38)(H,39,40)(H,41,42). The topological polar surface area (TPSA) is 191 Å². The fraction of sp³-hybridized carbons (Fsp3) is 0.593. The number of benzene rings is 1. The number of hydrogen-bond acceptors (Lipinski definition) is 9. The summed E-state index contributed by atoms with van der Waals surface area (Å²) in [5.74, 6) is -4.68. The van der Waals surface area contributed by atoms with Crippen LogP contribution in [-0.4, -0.2) is 148 Å². The molecule has 16 heteroatoms. The molecule has 1 fully saturated rings. The third-order valence-electron chi connectivity index (χ3n) is 6.95. The molecule has 1 aliphatic heterocycles. The Labute approximate surface area is 266 Å². The Bertz CT molecular complexity index is 1070. The monoisotopic (exact) mass is 735 g/mol. The molecule has 2 rings (SSSR count). The van der Waals surface area contributed by atoms with Gasteiger partial charge in [0.25, 0.3) is 0 Å². The van der Waals surface area contributed by atoms with E-state index in [1.807, 2.05) is 18.2 Å². The summed E-state index contributed by atoms with van der Waals surface area (Å²) in [6.45, 7) is 0.843. The van der Waals surface area contributed by atoms with E-state index in [1.165, 1.54) is 0 Å². The molecule has 0 aliphatic carbocycles. The first-order valence-corrected chi connectivity index (χ1v) is 16.0. The van der Waals surface area contributed by atoms with Crippen molar-refractivity contribution in [1.82, 2.24) is 19.6 Å². The quantitative estimate of drug-likeness (QED) is 0.171. The molecule has 0 bridgehead atoms. The summed E-state index contributed by atoms with van der Waals surface area (Å²) in [5, 5.41) is 41.8. The van der Waals surface area contributed by atoms with E-state index in [1.54, 1.807) is 19.6 Å². The van der Waals surface area contributed by atoms with Crippen molar-refractivity contribution < 1.29 is 44.4 Å². The highest BCUT2D eigenvalue weighted by atomic mass is 79.9. The lowest BCUT2D eigenvalue weighted by Gasteiger charge is -2.36. The molecule has 1 unspecified atom stereocenters. The van der Waals surface area contributed by atoms with Gasteiger partial charge in [0.05, 0.1) is 25.7 Å². The van der Waals surface area contributed by atoms with Gasteiger partial charge in [-0.1, -0.05) is 37.9 Å². The molecule has 14 nitrogen and oxygen atoms in total. The summed E-state index contributed by atoms with van der Waals surface area (Å²) in [7, 11) is 0. The predicted octanol–water partition coefficient (Wildman–Crippen LogP) is 1.12. The number of hydrogen-bond donors (Lipinski definition) is 5. The number of halogens is 2. The van der Waals surface area contributed by atoms with E-state index in [0.717, 1.165) is 11.1 Å². The fourth-order valence-corrected chi connectivity index (χ4v) is 5.51. The summed E-state index contributed by atoms with van der Waals surface area (Å²) in [5.41, 5.74) is 2.42. The van der Waals surface area contributed by atoms with Gasteiger partial charge in [0, 0.05) is 75.1 Å². The van der Waals surface area contributed by atoms with Crippen LogP contribution in [0.4, 0.5) is 5.69 Å². The average Bonchev–Trinajstić information content (AvgIpc) is 2.92. The van der Waals surface area contributed by atoms with Crippen molar-refractivity contribution in [2.45, 2.75) is 29.5 Å². The summed E-state index contributed by atoms with van der Waals surface area (Å²) < 4.78 is 0. The molecule has 5 N–H and O–H groups in total. The molecule has 1 aromatic rings. The van der Waals surface area contributed by atoms with Crippen LogP contribution in [0.25, 0.3) is 0 Å². The summed E-state index contributed by atoms with van der Waals surface area (Å²) in [6.07, 6.45) is -0.306. The van der Waals surface area contributed by atoms with Gasteiger partial charge in [0.15, 0.2) is 0 Å². The maximum absolute atomic E-state index is 13.7. The Kier molecular flexibility index (Phi) is 16.1. The van der Waals surface area contributed by atoms with Gasteiger partial charge in [0.1, 0.15) is 0 Å². The maximum atomic E-state index is 13.7. The van der Waals surface area contributed by atoms with Crippen molar-refractivity contribution in [2.24, 2.45) is 0 Å². The predicted molar refractivity (Wildman–Crippen MR) is 165 cm³/mol. The zero-order valence-corrected chi connectivity index (χ0v) is 27.0. The van der Waals surface area contributed by atoms with E-state index in [9.17, 15) is 44.4 Å². The Balaban J connectivity index is 2.39. The van der Waals surface area contributed by atoms with Gasteiger partial charge in [-0.3, -0.25) is 43.6 Å². The molecule has 0 saturated carbocycles. The zero-order valence-electron chi connectivity index (χ0n) is 23.8. The molecule has 0 radical (unpaired) electrons. The van der Waals surface area contributed by atoms with Gasteiger partial charge >= 0.3 is 23.9 Å². The minimum atomic E-state index is -1.08. The van der Waals surface area contributed by atoms with E-state index in [2.05, 4.69) is 37.2 Å². The van der Waals surface area contributed by atoms with Crippen molar-refractivity contribution in [2.75, 3.05) is 77.3 Å². The van der Waals surface area contributed by atoms with Gasteiger partial charge in [-0.05, 0) is 29.7 Å². The molecular weight excluding hydrogens is 698 g/mol. The van der Waals surface area contributed by atoms with Crippen LogP contribution < -0.4 is 5.32 Å². The van der Waals surface area contributed by atoms with Gasteiger partial charge in [-0.25, -0.2) is 0 Å². The summed E-state index contributed by atoms with van der Waals surface area (Å²) in [4.78, 5) is 66.6. The van der Waals surface area contributed by atoms with E-state index in [4.69, 9.17) is 0 Å². The minimum Gasteiger partial charge on any atom is -0.481 e. The molecule has 0 spiro atoms.